The molecule has 136 valence electrons. The molecule has 1 aliphatic rings. The minimum atomic E-state index is -3.89. The van der Waals surface area contributed by atoms with Crippen molar-refractivity contribution in [2.75, 3.05) is 23.3 Å². The van der Waals surface area contributed by atoms with Crippen molar-refractivity contribution < 1.29 is 22.7 Å². The lowest BCUT2D eigenvalue weighted by atomic mass is 10.0. The van der Waals surface area contributed by atoms with E-state index in [0.717, 1.165) is 0 Å². The fraction of sp³-hybridized carbons (Fsp3) is 0.222. The number of methoxy groups -OCH3 is 1. The summed E-state index contributed by atoms with van der Waals surface area (Å²) in [7, 11) is -2.46. The van der Waals surface area contributed by atoms with Gasteiger partial charge in [0.2, 0.25) is 5.91 Å². The number of rotatable bonds is 4. The van der Waals surface area contributed by atoms with Crippen LogP contribution in [0.4, 0.5) is 11.4 Å². The number of ketones is 1. The molecule has 1 heterocycles. The van der Waals surface area contributed by atoms with Gasteiger partial charge in [0.05, 0.1) is 12.0 Å². The summed E-state index contributed by atoms with van der Waals surface area (Å²) in [5, 5.41) is 2.59. The van der Waals surface area contributed by atoms with E-state index < -0.39 is 10.0 Å². The Balaban J connectivity index is 2.05. The summed E-state index contributed by atoms with van der Waals surface area (Å²) in [5.41, 5.74) is 1.09. The third kappa shape index (κ3) is 3.15. The van der Waals surface area contributed by atoms with Crippen LogP contribution in [0.25, 0.3) is 0 Å². The maximum Gasteiger partial charge on any atom is 0.264 e. The number of carbonyl (C=O) groups is 2. The van der Waals surface area contributed by atoms with Crippen molar-refractivity contribution in [2.24, 2.45) is 0 Å². The average Bonchev–Trinajstić information content (AvgIpc) is 2.61. The zero-order chi connectivity index (χ0) is 18.9. The van der Waals surface area contributed by atoms with Crippen LogP contribution in [0.3, 0.4) is 0 Å². The van der Waals surface area contributed by atoms with Crippen molar-refractivity contribution >= 4 is 33.1 Å². The molecule has 0 atom stereocenters. The molecule has 0 saturated carbocycles. The van der Waals surface area contributed by atoms with E-state index in [1.165, 1.54) is 42.6 Å². The number of Topliss-reactive ketones (excluding diaryl/α,β-unsaturated/α-hetero) is 1. The standard InChI is InChI=1S/C18H18N2O5S/c1-12(21)19-13-6-8-14(9-7-13)26(23,24)20-11-10-16(22)15-4-3-5-17(25-2)18(15)20/h3-9H,10-11H2,1-2H3,(H,19,21). The summed E-state index contributed by atoms with van der Waals surface area (Å²) in [6.45, 7) is 1.42. The number of ether oxygens (including phenoxy) is 1. The van der Waals surface area contributed by atoms with Gasteiger partial charge in [-0.1, -0.05) is 6.07 Å². The van der Waals surface area contributed by atoms with Gasteiger partial charge in [-0.25, -0.2) is 8.42 Å². The minimum absolute atomic E-state index is 0.0436. The topological polar surface area (TPSA) is 92.8 Å². The van der Waals surface area contributed by atoms with Gasteiger partial charge in [0, 0.05) is 31.1 Å². The van der Waals surface area contributed by atoms with Crippen LogP contribution in [0.1, 0.15) is 23.7 Å². The van der Waals surface area contributed by atoms with Crippen molar-refractivity contribution in [1.82, 2.24) is 0 Å². The first-order valence-electron chi connectivity index (χ1n) is 7.95. The molecule has 7 nitrogen and oxygen atoms in total. The number of nitrogens with zero attached hydrogens (tertiary/aromatic N) is 1. The van der Waals surface area contributed by atoms with E-state index in [9.17, 15) is 18.0 Å². The van der Waals surface area contributed by atoms with Gasteiger partial charge in [-0.15, -0.1) is 0 Å². The maximum absolute atomic E-state index is 13.1. The van der Waals surface area contributed by atoms with Gasteiger partial charge >= 0.3 is 0 Å². The van der Waals surface area contributed by atoms with Crippen LogP contribution in [-0.2, 0) is 14.8 Å². The lowest BCUT2D eigenvalue weighted by Gasteiger charge is -2.31. The molecule has 3 rings (SSSR count). The molecule has 0 radical (unpaired) electrons. The third-order valence-corrected chi connectivity index (χ3v) is 5.89. The summed E-state index contributed by atoms with van der Waals surface area (Å²) >= 11 is 0. The highest BCUT2D eigenvalue weighted by molar-refractivity contribution is 7.92. The number of sulfonamides is 1. The van der Waals surface area contributed by atoms with Crippen LogP contribution in [0.5, 0.6) is 5.75 Å². The van der Waals surface area contributed by atoms with Crippen molar-refractivity contribution in [3.63, 3.8) is 0 Å². The first-order valence-corrected chi connectivity index (χ1v) is 9.39. The highest BCUT2D eigenvalue weighted by atomic mass is 32.2. The molecule has 2 aromatic carbocycles. The van der Waals surface area contributed by atoms with Gasteiger partial charge in [0.1, 0.15) is 11.4 Å². The molecule has 0 bridgehead atoms. The molecule has 1 aliphatic heterocycles. The maximum atomic E-state index is 13.1. The second-order valence-electron chi connectivity index (χ2n) is 5.81. The van der Waals surface area contributed by atoms with Crippen LogP contribution in [-0.4, -0.2) is 33.8 Å². The van der Waals surface area contributed by atoms with Crippen LogP contribution in [0.15, 0.2) is 47.4 Å². The number of amides is 1. The van der Waals surface area contributed by atoms with Crippen LogP contribution >= 0.6 is 0 Å². The monoisotopic (exact) mass is 374 g/mol. The Bertz CT molecular complexity index is 968. The summed E-state index contributed by atoms with van der Waals surface area (Å²) in [4.78, 5) is 23.4. The second kappa shape index (κ2) is 6.80. The number of para-hydroxylation sites is 1. The Labute approximate surface area is 151 Å². The second-order valence-corrected chi connectivity index (χ2v) is 7.67. The predicted molar refractivity (Wildman–Crippen MR) is 97.2 cm³/mol. The predicted octanol–water partition coefficient (Wildman–Crippen LogP) is 2.44. The molecule has 0 aliphatic carbocycles. The van der Waals surface area contributed by atoms with Crippen LogP contribution in [0.2, 0.25) is 0 Å². The van der Waals surface area contributed by atoms with Gasteiger partial charge in [0.25, 0.3) is 10.0 Å². The average molecular weight is 374 g/mol. The summed E-state index contributed by atoms with van der Waals surface area (Å²) < 4.78 is 32.7. The lowest BCUT2D eigenvalue weighted by molar-refractivity contribution is -0.114. The van der Waals surface area contributed by atoms with E-state index in [1.54, 1.807) is 18.2 Å². The fourth-order valence-corrected chi connectivity index (χ4v) is 4.39. The lowest BCUT2D eigenvalue weighted by Crippen LogP contribution is -2.37. The Morgan fingerprint density at radius 1 is 1.15 bits per heavy atom. The first kappa shape index (κ1) is 17.9. The fourth-order valence-electron chi connectivity index (χ4n) is 2.90. The van der Waals surface area contributed by atoms with Gasteiger partial charge in [-0.05, 0) is 36.4 Å². The first-order chi connectivity index (χ1) is 12.3. The van der Waals surface area contributed by atoms with E-state index in [1.807, 2.05) is 0 Å². The van der Waals surface area contributed by atoms with E-state index in [-0.39, 0.29) is 35.2 Å². The Hall–Kier alpha value is -2.87. The van der Waals surface area contributed by atoms with Crippen molar-refractivity contribution in [3.8, 4) is 5.75 Å². The number of fused-ring (bicyclic) bond motifs is 1. The van der Waals surface area contributed by atoms with Crippen molar-refractivity contribution in [1.29, 1.82) is 0 Å². The molecule has 8 heteroatoms. The minimum Gasteiger partial charge on any atom is -0.495 e. The Morgan fingerprint density at radius 2 is 1.85 bits per heavy atom. The zero-order valence-electron chi connectivity index (χ0n) is 14.4. The normalized spacial score (nSPS) is 13.9. The molecule has 1 amide bonds. The highest BCUT2D eigenvalue weighted by Crippen LogP contribution is 2.39. The third-order valence-electron chi connectivity index (χ3n) is 4.07. The number of nitrogens with one attached hydrogen (secondary N) is 1. The molecule has 0 spiro atoms. The van der Waals surface area contributed by atoms with Gasteiger partial charge in [0.15, 0.2) is 5.78 Å². The quantitative estimate of drug-likeness (QED) is 0.887. The number of hydrogen-bond donors (Lipinski definition) is 1. The molecular formula is C18H18N2O5S. The SMILES string of the molecule is COc1cccc2c1N(S(=O)(=O)c1ccc(NC(C)=O)cc1)CCC2=O. The number of benzene rings is 2. The Kier molecular flexibility index (Phi) is 4.69. The number of hydrogen-bond acceptors (Lipinski definition) is 5. The summed E-state index contributed by atoms with van der Waals surface area (Å²) in [6, 6.07) is 10.8. The van der Waals surface area contributed by atoms with Gasteiger partial charge in [-0.2, -0.15) is 0 Å². The summed E-state index contributed by atoms with van der Waals surface area (Å²) in [6.07, 6.45) is 0.101. The van der Waals surface area contributed by atoms with Crippen molar-refractivity contribution in [2.45, 2.75) is 18.2 Å². The molecule has 26 heavy (non-hydrogen) atoms. The van der Waals surface area contributed by atoms with Gasteiger partial charge < -0.3 is 10.1 Å². The molecule has 1 N–H and O–H groups in total. The number of carbonyl (C=O) groups excluding carboxylic acids is 2. The largest absolute Gasteiger partial charge is 0.495 e. The van der Waals surface area contributed by atoms with Crippen LogP contribution < -0.4 is 14.4 Å². The molecule has 0 aromatic heterocycles. The zero-order valence-corrected chi connectivity index (χ0v) is 15.2. The summed E-state index contributed by atoms with van der Waals surface area (Å²) in [5.74, 6) is -0.0332. The smallest absolute Gasteiger partial charge is 0.264 e. The van der Waals surface area contributed by atoms with E-state index in [0.29, 0.717) is 17.0 Å². The van der Waals surface area contributed by atoms with E-state index in [2.05, 4.69) is 5.32 Å². The molecule has 0 saturated heterocycles. The highest BCUT2D eigenvalue weighted by Gasteiger charge is 2.34. The van der Waals surface area contributed by atoms with E-state index >= 15 is 0 Å². The molecule has 2 aromatic rings. The van der Waals surface area contributed by atoms with Gasteiger partial charge in [-0.3, -0.25) is 13.9 Å². The van der Waals surface area contributed by atoms with Crippen LogP contribution in [0, 0.1) is 0 Å². The van der Waals surface area contributed by atoms with E-state index in [4.69, 9.17) is 4.74 Å². The molecule has 0 unspecified atom stereocenters. The molecule has 0 fully saturated rings. The Morgan fingerprint density at radius 3 is 2.46 bits per heavy atom. The molecular weight excluding hydrogens is 356 g/mol. The van der Waals surface area contributed by atoms with Crippen molar-refractivity contribution in [3.05, 3.63) is 48.0 Å². The number of anilines is 2.